The first kappa shape index (κ1) is 25.6. The number of aromatic nitrogens is 2. The summed E-state index contributed by atoms with van der Waals surface area (Å²) in [6.07, 6.45) is -0.444. The first-order valence-electron chi connectivity index (χ1n) is 12.7. The Morgan fingerprint density at radius 2 is 1.87 bits per heavy atom. The van der Waals surface area contributed by atoms with Crippen molar-refractivity contribution in [2.45, 2.75) is 50.7 Å². The third kappa shape index (κ3) is 5.29. The lowest BCUT2D eigenvalue weighted by Crippen LogP contribution is -2.25. The Morgan fingerprint density at radius 3 is 2.51 bits per heavy atom. The molecule has 2 aromatic heterocycles. The number of pyridine rings is 1. The van der Waals surface area contributed by atoms with Gasteiger partial charge in [0.2, 0.25) is 0 Å². The summed E-state index contributed by atoms with van der Waals surface area (Å²) >= 11 is 0. The monoisotopic (exact) mass is 547 g/mol. The molecular formula is C27H25F4N3O5. The number of halogens is 4. The zero-order valence-electron chi connectivity index (χ0n) is 20.7. The lowest BCUT2D eigenvalue weighted by molar-refractivity contribution is -0.274. The first-order chi connectivity index (χ1) is 18.7. The van der Waals surface area contributed by atoms with Gasteiger partial charge < -0.3 is 24.0 Å². The highest BCUT2D eigenvalue weighted by atomic mass is 19.4. The van der Waals surface area contributed by atoms with Crippen LogP contribution >= 0.6 is 0 Å². The van der Waals surface area contributed by atoms with Crippen LogP contribution in [0.3, 0.4) is 0 Å². The van der Waals surface area contributed by atoms with Gasteiger partial charge in [-0.05, 0) is 55.7 Å². The molecule has 6 rings (SSSR count). The smallest absolute Gasteiger partial charge is 0.478 e. The summed E-state index contributed by atoms with van der Waals surface area (Å²) in [4.78, 5) is 16.9. The Balaban J connectivity index is 1.14. The molecule has 1 aromatic carbocycles. The van der Waals surface area contributed by atoms with Gasteiger partial charge in [-0.15, -0.1) is 13.2 Å². The van der Waals surface area contributed by atoms with Gasteiger partial charge in [-0.25, -0.2) is 14.2 Å². The van der Waals surface area contributed by atoms with E-state index >= 15 is 0 Å². The van der Waals surface area contributed by atoms with Crippen molar-refractivity contribution in [3.05, 3.63) is 59.2 Å². The summed E-state index contributed by atoms with van der Waals surface area (Å²) in [6, 6.07) is 6.83. The van der Waals surface area contributed by atoms with E-state index in [1.54, 1.807) is 6.07 Å². The molecule has 3 atom stereocenters. The lowest BCUT2D eigenvalue weighted by atomic mass is 10.0. The molecule has 2 saturated carbocycles. The van der Waals surface area contributed by atoms with Crippen LogP contribution in [0.25, 0.3) is 11.3 Å². The summed E-state index contributed by atoms with van der Waals surface area (Å²) in [5.74, 6) is -0.783. The summed E-state index contributed by atoms with van der Waals surface area (Å²) in [6.45, 7) is 1.30. The van der Waals surface area contributed by atoms with Gasteiger partial charge in [-0.1, -0.05) is 17.3 Å². The minimum absolute atomic E-state index is 0.0779. The predicted molar refractivity (Wildman–Crippen MR) is 129 cm³/mol. The van der Waals surface area contributed by atoms with Gasteiger partial charge in [0.15, 0.2) is 11.6 Å². The minimum Gasteiger partial charge on any atom is -0.478 e. The number of para-hydroxylation sites is 1. The standard InChI is InChI=1S/C27H25F4N3O5/c28-21-9-15(26(35)36)10-32-25(21)34-11-16-7-18(8-17(16)12-34)37-13-20-23(33-39-24(20)14-5-6-14)19-3-1-2-4-22(19)38-27(29,30)31/h1-4,9-10,14,16-18H,5-8,11-13H2,(H,35,36)/t16-,17+,18+. The van der Waals surface area contributed by atoms with Crippen molar-refractivity contribution in [3.63, 3.8) is 0 Å². The molecule has 206 valence electrons. The molecule has 3 heterocycles. The van der Waals surface area contributed by atoms with Crippen LogP contribution in [0.1, 0.15) is 53.3 Å². The van der Waals surface area contributed by atoms with E-state index in [2.05, 4.69) is 14.9 Å². The van der Waals surface area contributed by atoms with Crippen LogP contribution in [0.2, 0.25) is 0 Å². The van der Waals surface area contributed by atoms with Gasteiger partial charge in [-0.3, -0.25) is 0 Å². The van der Waals surface area contributed by atoms with Crippen LogP contribution in [-0.4, -0.2) is 46.8 Å². The van der Waals surface area contributed by atoms with E-state index in [-0.39, 0.29) is 58.9 Å². The molecule has 2 aliphatic carbocycles. The summed E-state index contributed by atoms with van der Waals surface area (Å²) in [5, 5.41) is 13.2. The molecule has 0 spiro atoms. The highest BCUT2D eigenvalue weighted by Gasteiger charge is 2.43. The largest absolute Gasteiger partial charge is 0.573 e. The average Bonchev–Trinajstić information content (AvgIpc) is 3.34. The van der Waals surface area contributed by atoms with E-state index in [9.17, 15) is 22.4 Å². The second kappa shape index (κ2) is 9.82. The third-order valence-corrected chi connectivity index (χ3v) is 7.67. The number of aromatic carboxylic acids is 1. The van der Waals surface area contributed by atoms with Gasteiger partial charge in [0.05, 0.1) is 18.3 Å². The van der Waals surface area contributed by atoms with Crippen molar-refractivity contribution < 1.29 is 41.5 Å². The average molecular weight is 548 g/mol. The molecule has 3 aliphatic rings. The number of nitrogens with zero attached hydrogens (tertiary/aromatic N) is 3. The van der Waals surface area contributed by atoms with Crippen LogP contribution in [0.4, 0.5) is 23.4 Å². The zero-order valence-corrected chi connectivity index (χ0v) is 20.7. The number of fused-ring (bicyclic) bond motifs is 1. The zero-order chi connectivity index (χ0) is 27.3. The quantitative estimate of drug-likeness (QED) is 0.355. The maximum Gasteiger partial charge on any atom is 0.573 e. The van der Waals surface area contributed by atoms with E-state index in [4.69, 9.17) is 14.4 Å². The fourth-order valence-electron chi connectivity index (χ4n) is 5.75. The van der Waals surface area contributed by atoms with Gasteiger partial charge >= 0.3 is 12.3 Å². The number of ether oxygens (including phenoxy) is 2. The van der Waals surface area contributed by atoms with Crippen molar-refractivity contribution >= 4 is 11.8 Å². The van der Waals surface area contributed by atoms with E-state index in [1.165, 1.54) is 18.2 Å². The number of carboxylic acid groups (broad SMARTS) is 1. The molecule has 1 saturated heterocycles. The van der Waals surface area contributed by atoms with Crippen molar-refractivity contribution in [2.24, 2.45) is 11.8 Å². The van der Waals surface area contributed by atoms with E-state index in [1.807, 2.05) is 4.90 Å². The second-order valence-electron chi connectivity index (χ2n) is 10.4. The Kier molecular flexibility index (Phi) is 6.44. The van der Waals surface area contributed by atoms with Crippen molar-refractivity contribution in [3.8, 4) is 17.0 Å². The lowest BCUT2D eigenvalue weighted by Gasteiger charge is -2.21. The number of carbonyl (C=O) groups is 1. The summed E-state index contributed by atoms with van der Waals surface area (Å²) in [5.41, 5.74) is 0.911. The summed E-state index contributed by atoms with van der Waals surface area (Å²) < 4.78 is 69.7. The van der Waals surface area contributed by atoms with Crippen molar-refractivity contribution in [1.29, 1.82) is 0 Å². The Hall–Kier alpha value is -3.67. The summed E-state index contributed by atoms with van der Waals surface area (Å²) in [7, 11) is 0. The fraction of sp³-hybridized carbons (Fsp3) is 0.444. The molecule has 0 amide bonds. The number of anilines is 1. The van der Waals surface area contributed by atoms with E-state index in [0.29, 0.717) is 24.4 Å². The van der Waals surface area contributed by atoms with Crippen LogP contribution in [0.15, 0.2) is 41.1 Å². The molecule has 1 N–H and O–H groups in total. The maximum absolute atomic E-state index is 14.5. The van der Waals surface area contributed by atoms with Crippen LogP contribution in [0.5, 0.6) is 5.75 Å². The highest BCUT2D eigenvalue weighted by Crippen LogP contribution is 2.47. The Bertz CT molecular complexity index is 1380. The van der Waals surface area contributed by atoms with Gasteiger partial charge in [0.25, 0.3) is 0 Å². The maximum atomic E-state index is 14.5. The number of benzene rings is 1. The number of carboxylic acids is 1. The topological polar surface area (TPSA) is 97.9 Å². The normalized spacial score (nSPS) is 22.8. The van der Waals surface area contributed by atoms with E-state index in [0.717, 1.165) is 37.9 Å². The van der Waals surface area contributed by atoms with Crippen molar-refractivity contribution in [2.75, 3.05) is 18.0 Å². The van der Waals surface area contributed by atoms with Gasteiger partial charge in [0, 0.05) is 36.3 Å². The Labute approximate surface area is 220 Å². The van der Waals surface area contributed by atoms with Gasteiger partial charge in [0.1, 0.15) is 17.2 Å². The first-order valence-corrected chi connectivity index (χ1v) is 12.7. The van der Waals surface area contributed by atoms with E-state index < -0.39 is 18.1 Å². The molecule has 39 heavy (non-hydrogen) atoms. The molecule has 0 radical (unpaired) electrons. The van der Waals surface area contributed by atoms with Crippen molar-refractivity contribution in [1.82, 2.24) is 10.1 Å². The van der Waals surface area contributed by atoms with Crippen LogP contribution in [-0.2, 0) is 11.3 Å². The fourth-order valence-corrected chi connectivity index (χ4v) is 5.75. The van der Waals surface area contributed by atoms with Crippen LogP contribution < -0.4 is 9.64 Å². The predicted octanol–water partition coefficient (Wildman–Crippen LogP) is 5.78. The molecule has 3 fully saturated rings. The third-order valence-electron chi connectivity index (χ3n) is 7.67. The molecule has 0 bridgehead atoms. The number of hydrogen-bond acceptors (Lipinski definition) is 7. The molecule has 12 heteroatoms. The highest BCUT2D eigenvalue weighted by molar-refractivity contribution is 5.87. The Morgan fingerprint density at radius 1 is 1.15 bits per heavy atom. The number of alkyl halides is 3. The van der Waals surface area contributed by atoms with Crippen LogP contribution in [0, 0.1) is 17.7 Å². The molecule has 3 aromatic rings. The SMILES string of the molecule is O=C(O)c1cnc(N2C[C@H]3C[C@H](OCc4c(-c5ccccc5OC(F)(F)F)noc4C4CC4)C[C@H]3C2)c(F)c1. The minimum atomic E-state index is -4.85. The molecule has 1 aliphatic heterocycles. The van der Waals surface area contributed by atoms with Gasteiger partial charge in [-0.2, -0.15) is 0 Å². The molecule has 8 nitrogen and oxygen atoms in total. The number of rotatable bonds is 8. The number of hydrogen-bond donors (Lipinski definition) is 1. The second-order valence-corrected chi connectivity index (χ2v) is 10.4. The molecular weight excluding hydrogens is 522 g/mol. The molecule has 0 unspecified atom stereocenters.